The van der Waals surface area contributed by atoms with Crippen molar-refractivity contribution in [2.75, 3.05) is 47.9 Å². The van der Waals surface area contributed by atoms with Crippen LogP contribution in [-0.2, 0) is 9.84 Å². The largest absolute Gasteiger partial charge is 0.354 e. The van der Waals surface area contributed by atoms with Gasteiger partial charge in [-0.2, -0.15) is 0 Å². The van der Waals surface area contributed by atoms with E-state index in [9.17, 15) is 13.2 Å². The van der Waals surface area contributed by atoms with Gasteiger partial charge < -0.3 is 10.2 Å². The van der Waals surface area contributed by atoms with Crippen molar-refractivity contribution >= 4 is 38.9 Å². The number of anilines is 2. The van der Waals surface area contributed by atoms with E-state index in [0.717, 1.165) is 38.4 Å². The second-order valence-corrected chi connectivity index (χ2v) is 10.1. The molecular weight excluding hydrogens is 412 g/mol. The van der Waals surface area contributed by atoms with E-state index in [1.807, 2.05) is 6.07 Å². The molecule has 1 aromatic heterocycles. The van der Waals surface area contributed by atoms with Crippen molar-refractivity contribution in [1.82, 2.24) is 9.88 Å². The van der Waals surface area contributed by atoms with Crippen LogP contribution < -0.4 is 10.2 Å². The molecule has 1 atom stereocenters. The molecule has 2 aliphatic heterocycles. The van der Waals surface area contributed by atoms with Crippen molar-refractivity contribution in [3.63, 3.8) is 0 Å². The van der Waals surface area contributed by atoms with Gasteiger partial charge in [-0.1, -0.05) is 17.7 Å². The minimum Gasteiger partial charge on any atom is -0.354 e. The van der Waals surface area contributed by atoms with Gasteiger partial charge in [-0.25, -0.2) is 13.4 Å². The standard InChI is InChI=1S/C20H23ClN4O3S/c21-16-2-1-3-17(12-16)23-20(26)15-4-5-19(22-13-15)25-9-7-24(8-10-25)18-6-11-29(27,28)14-18/h1-5,12-13,18H,6-11,14H2,(H,23,26). The summed E-state index contributed by atoms with van der Waals surface area (Å²) in [6, 6.07) is 10.8. The Morgan fingerprint density at radius 2 is 1.93 bits per heavy atom. The van der Waals surface area contributed by atoms with E-state index in [0.29, 0.717) is 22.0 Å². The van der Waals surface area contributed by atoms with Gasteiger partial charge in [-0.3, -0.25) is 9.69 Å². The quantitative estimate of drug-likeness (QED) is 0.795. The van der Waals surface area contributed by atoms with Gasteiger partial charge in [0.05, 0.1) is 17.1 Å². The maximum atomic E-state index is 12.4. The van der Waals surface area contributed by atoms with Crippen LogP contribution in [0.25, 0.3) is 0 Å². The minimum atomic E-state index is -2.86. The summed E-state index contributed by atoms with van der Waals surface area (Å²) in [7, 11) is -2.86. The molecule has 2 aromatic rings. The van der Waals surface area contributed by atoms with E-state index in [2.05, 4.69) is 20.1 Å². The van der Waals surface area contributed by atoms with Crippen molar-refractivity contribution in [3.8, 4) is 0 Å². The van der Waals surface area contributed by atoms with Gasteiger partial charge in [-0.05, 0) is 36.8 Å². The normalized spacial score (nSPS) is 21.8. The number of benzene rings is 1. The van der Waals surface area contributed by atoms with Crippen LogP contribution in [0.15, 0.2) is 42.6 Å². The van der Waals surface area contributed by atoms with Crippen LogP contribution in [0.5, 0.6) is 0 Å². The Kier molecular flexibility index (Phi) is 5.76. The zero-order chi connectivity index (χ0) is 20.4. The van der Waals surface area contributed by atoms with Gasteiger partial charge in [0.25, 0.3) is 5.91 Å². The van der Waals surface area contributed by atoms with E-state index >= 15 is 0 Å². The highest BCUT2D eigenvalue weighted by Gasteiger charge is 2.33. The van der Waals surface area contributed by atoms with Crippen LogP contribution in [0.3, 0.4) is 0 Å². The van der Waals surface area contributed by atoms with Crippen LogP contribution in [0.4, 0.5) is 11.5 Å². The molecule has 2 fully saturated rings. The van der Waals surface area contributed by atoms with Crippen LogP contribution in [0.1, 0.15) is 16.8 Å². The molecule has 1 aromatic carbocycles. The van der Waals surface area contributed by atoms with Crippen LogP contribution in [-0.4, -0.2) is 67.9 Å². The lowest BCUT2D eigenvalue weighted by Gasteiger charge is -2.38. The van der Waals surface area contributed by atoms with E-state index in [-0.39, 0.29) is 17.7 Å². The molecule has 0 radical (unpaired) electrons. The number of hydrogen-bond acceptors (Lipinski definition) is 6. The van der Waals surface area contributed by atoms with Crippen molar-refractivity contribution in [2.24, 2.45) is 0 Å². The molecule has 0 bridgehead atoms. The Bertz CT molecular complexity index is 989. The highest BCUT2D eigenvalue weighted by molar-refractivity contribution is 7.91. The molecular formula is C20H23ClN4O3S. The highest BCUT2D eigenvalue weighted by Crippen LogP contribution is 2.21. The first-order valence-electron chi connectivity index (χ1n) is 9.62. The fourth-order valence-corrected chi connectivity index (χ4v) is 5.81. The maximum Gasteiger partial charge on any atom is 0.257 e. The number of amides is 1. The van der Waals surface area contributed by atoms with E-state index in [1.165, 1.54) is 0 Å². The lowest BCUT2D eigenvalue weighted by Crippen LogP contribution is -2.51. The number of nitrogens with one attached hydrogen (secondary N) is 1. The summed E-state index contributed by atoms with van der Waals surface area (Å²) in [5.74, 6) is 1.17. The lowest BCUT2D eigenvalue weighted by atomic mass is 10.2. The first kappa shape index (κ1) is 20.1. The number of carbonyl (C=O) groups is 1. The summed E-state index contributed by atoms with van der Waals surface area (Å²) in [5, 5.41) is 3.37. The average Bonchev–Trinajstić information content (AvgIpc) is 3.08. The number of sulfone groups is 1. The summed E-state index contributed by atoms with van der Waals surface area (Å²) in [6.45, 7) is 3.22. The molecule has 0 aliphatic carbocycles. The molecule has 1 unspecified atom stereocenters. The number of nitrogens with zero attached hydrogens (tertiary/aromatic N) is 3. The number of hydrogen-bond donors (Lipinski definition) is 1. The lowest BCUT2D eigenvalue weighted by molar-refractivity contribution is 0.102. The van der Waals surface area contributed by atoms with Crippen LogP contribution >= 0.6 is 11.6 Å². The second kappa shape index (κ2) is 8.30. The predicted octanol–water partition coefficient (Wildman–Crippen LogP) is 2.30. The molecule has 0 saturated carbocycles. The number of aromatic nitrogens is 1. The van der Waals surface area contributed by atoms with Gasteiger partial charge in [-0.15, -0.1) is 0 Å². The van der Waals surface area contributed by atoms with E-state index < -0.39 is 9.84 Å². The fraction of sp³-hybridized carbons (Fsp3) is 0.400. The number of pyridine rings is 1. The summed E-state index contributed by atoms with van der Waals surface area (Å²) in [5.41, 5.74) is 1.11. The summed E-state index contributed by atoms with van der Waals surface area (Å²) in [6.07, 6.45) is 2.31. The third-order valence-electron chi connectivity index (χ3n) is 5.46. The van der Waals surface area contributed by atoms with Crippen molar-refractivity contribution < 1.29 is 13.2 Å². The smallest absolute Gasteiger partial charge is 0.257 e. The molecule has 4 rings (SSSR count). The number of halogens is 1. The number of carbonyl (C=O) groups excluding carboxylic acids is 1. The van der Waals surface area contributed by atoms with E-state index in [1.54, 1.807) is 36.5 Å². The Morgan fingerprint density at radius 1 is 1.14 bits per heavy atom. The zero-order valence-electron chi connectivity index (χ0n) is 15.9. The predicted molar refractivity (Wildman–Crippen MR) is 114 cm³/mol. The molecule has 1 N–H and O–H groups in total. The van der Waals surface area contributed by atoms with Gasteiger partial charge >= 0.3 is 0 Å². The van der Waals surface area contributed by atoms with E-state index in [4.69, 9.17) is 11.6 Å². The molecule has 9 heteroatoms. The topological polar surface area (TPSA) is 82.6 Å². The summed E-state index contributed by atoms with van der Waals surface area (Å²) < 4.78 is 23.4. The van der Waals surface area contributed by atoms with Gasteiger partial charge in [0.1, 0.15) is 5.82 Å². The third kappa shape index (κ3) is 4.88. The Balaban J connectivity index is 1.33. The minimum absolute atomic E-state index is 0.146. The molecule has 2 aliphatic rings. The summed E-state index contributed by atoms with van der Waals surface area (Å²) in [4.78, 5) is 21.3. The monoisotopic (exact) mass is 434 g/mol. The zero-order valence-corrected chi connectivity index (χ0v) is 17.5. The van der Waals surface area contributed by atoms with Crippen molar-refractivity contribution in [3.05, 3.63) is 53.2 Å². The third-order valence-corrected chi connectivity index (χ3v) is 7.44. The Labute approximate surface area is 175 Å². The molecule has 154 valence electrons. The maximum absolute atomic E-state index is 12.4. The molecule has 7 nitrogen and oxygen atoms in total. The first-order valence-corrected chi connectivity index (χ1v) is 11.8. The first-order chi connectivity index (χ1) is 13.9. The highest BCUT2D eigenvalue weighted by atomic mass is 35.5. The molecule has 0 spiro atoms. The average molecular weight is 435 g/mol. The number of piperazine rings is 1. The van der Waals surface area contributed by atoms with Crippen LogP contribution in [0.2, 0.25) is 5.02 Å². The summed E-state index contributed by atoms with van der Waals surface area (Å²) >= 11 is 5.94. The Morgan fingerprint density at radius 3 is 2.55 bits per heavy atom. The van der Waals surface area contributed by atoms with Gasteiger partial charge in [0, 0.05) is 49.1 Å². The molecule has 1 amide bonds. The SMILES string of the molecule is O=C(Nc1cccc(Cl)c1)c1ccc(N2CCN(C3CCS(=O)(=O)C3)CC2)nc1. The Hall–Kier alpha value is -2.16. The van der Waals surface area contributed by atoms with Gasteiger partial charge in [0.2, 0.25) is 0 Å². The molecule has 2 saturated heterocycles. The van der Waals surface area contributed by atoms with Gasteiger partial charge in [0.15, 0.2) is 9.84 Å². The number of rotatable bonds is 4. The fourth-order valence-electron chi connectivity index (χ4n) is 3.86. The molecule has 3 heterocycles. The van der Waals surface area contributed by atoms with Crippen molar-refractivity contribution in [1.29, 1.82) is 0 Å². The molecule has 29 heavy (non-hydrogen) atoms. The van der Waals surface area contributed by atoms with Crippen LogP contribution in [0, 0.1) is 0 Å². The second-order valence-electron chi connectivity index (χ2n) is 7.45. The van der Waals surface area contributed by atoms with Crippen molar-refractivity contribution in [2.45, 2.75) is 12.5 Å².